The molecule has 0 bridgehead atoms. The van der Waals surface area contributed by atoms with E-state index in [0.29, 0.717) is 18.9 Å². The van der Waals surface area contributed by atoms with Gasteiger partial charge in [0.05, 0.1) is 5.69 Å². The highest BCUT2D eigenvalue weighted by molar-refractivity contribution is 5.98. The van der Waals surface area contributed by atoms with Gasteiger partial charge in [0.2, 0.25) is 0 Å². The number of para-hydroxylation sites is 1. The summed E-state index contributed by atoms with van der Waals surface area (Å²) < 4.78 is 11.5. The summed E-state index contributed by atoms with van der Waals surface area (Å²) in [5, 5.41) is 3.87. The van der Waals surface area contributed by atoms with Gasteiger partial charge in [-0.2, -0.15) is 0 Å². The quantitative estimate of drug-likeness (QED) is 0.535. The smallest absolute Gasteiger partial charge is 0.287 e. The number of carbonyl (C=O) groups is 1. The lowest BCUT2D eigenvalue weighted by atomic mass is 10.1. The van der Waals surface area contributed by atoms with Crippen molar-refractivity contribution in [2.24, 2.45) is 0 Å². The first-order valence-corrected chi connectivity index (χ1v) is 9.09. The fraction of sp³-hybridized carbons (Fsp3) is 0.130. The summed E-state index contributed by atoms with van der Waals surface area (Å²) in [7, 11) is 0. The first kappa shape index (κ1) is 17.8. The molecule has 2 heterocycles. The SMILES string of the molecule is Cc1c(C(=O)NCc2cccc(OCc3ccccn3)c2)oc2ccccc12. The molecule has 0 aliphatic heterocycles. The maximum absolute atomic E-state index is 12.6. The van der Waals surface area contributed by atoms with Crippen LogP contribution in [0.4, 0.5) is 0 Å². The lowest BCUT2D eigenvalue weighted by Crippen LogP contribution is -2.22. The third kappa shape index (κ3) is 3.88. The number of fused-ring (bicyclic) bond motifs is 1. The number of aryl methyl sites for hydroxylation is 1. The molecule has 28 heavy (non-hydrogen) atoms. The van der Waals surface area contributed by atoms with E-state index in [1.54, 1.807) is 6.20 Å². The molecule has 0 aliphatic rings. The first-order chi connectivity index (χ1) is 13.7. The fourth-order valence-electron chi connectivity index (χ4n) is 3.04. The van der Waals surface area contributed by atoms with Crippen LogP contribution >= 0.6 is 0 Å². The van der Waals surface area contributed by atoms with Gasteiger partial charge < -0.3 is 14.5 Å². The molecule has 0 fully saturated rings. The van der Waals surface area contributed by atoms with Crippen molar-refractivity contribution >= 4 is 16.9 Å². The van der Waals surface area contributed by atoms with Crippen LogP contribution in [0.1, 0.15) is 27.4 Å². The molecule has 2 aromatic carbocycles. The number of pyridine rings is 1. The largest absolute Gasteiger partial charge is 0.487 e. The number of rotatable bonds is 6. The van der Waals surface area contributed by atoms with Gasteiger partial charge in [0.25, 0.3) is 5.91 Å². The minimum Gasteiger partial charge on any atom is -0.487 e. The van der Waals surface area contributed by atoms with Gasteiger partial charge >= 0.3 is 0 Å². The van der Waals surface area contributed by atoms with Crippen molar-refractivity contribution in [3.05, 3.63) is 95.5 Å². The van der Waals surface area contributed by atoms with Gasteiger partial charge in [0, 0.05) is 23.7 Å². The third-order valence-electron chi connectivity index (χ3n) is 4.51. The van der Waals surface area contributed by atoms with Crippen molar-refractivity contribution < 1.29 is 13.9 Å². The highest BCUT2D eigenvalue weighted by Gasteiger charge is 2.17. The van der Waals surface area contributed by atoms with E-state index < -0.39 is 0 Å². The number of hydrogen-bond donors (Lipinski definition) is 1. The Bertz CT molecular complexity index is 1100. The number of carbonyl (C=O) groups excluding carboxylic acids is 1. The van der Waals surface area contributed by atoms with Crippen LogP contribution in [0.3, 0.4) is 0 Å². The van der Waals surface area contributed by atoms with Crippen molar-refractivity contribution in [2.75, 3.05) is 0 Å². The van der Waals surface area contributed by atoms with Crippen LogP contribution in [0.15, 0.2) is 77.3 Å². The Morgan fingerprint density at radius 1 is 1.07 bits per heavy atom. The summed E-state index contributed by atoms with van der Waals surface area (Å²) in [5.41, 5.74) is 3.37. The monoisotopic (exact) mass is 372 g/mol. The van der Waals surface area contributed by atoms with Crippen LogP contribution < -0.4 is 10.1 Å². The summed E-state index contributed by atoms with van der Waals surface area (Å²) in [5.74, 6) is 0.856. The average Bonchev–Trinajstić information content (AvgIpc) is 3.08. The minimum atomic E-state index is -0.228. The summed E-state index contributed by atoms with van der Waals surface area (Å²) >= 11 is 0. The van der Waals surface area contributed by atoms with E-state index in [4.69, 9.17) is 9.15 Å². The molecule has 5 nitrogen and oxygen atoms in total. The number of ether oxygens (including phenoxy) is 1. The van der Waals surface area contributed by atoms with Crippen molar-refractivity contribution in [1.29, 1.82) is 0 Å². The molecule has 0 atom stereocenters. The molecular formula is C23H20N2O3. The lowest BCUT2D eigenvalue weighted by molar-refractivity contribution is 0.0924. The zero-order valence-electron chi connectivity index (χ0n) is 15.5. The Hall–Kier alpha value is -3.60. The number of furan rings is 1. The second kappa shape index (κ2) is 7.96. The second-order valence-electron chi connectivity index (χ2n) is 6.49. The Labute approximate surface area is 163 Å². The summed E-state index contributed by atoms with van der Waals surface area (Å²) in [6.07, 6.45) is 1.74. The highest BCUT2D eigenvalue weighted by Crippen LogP contribution is 2.25. The zero-order valence-corrected chi connectivity index (χ0v) is 15.5. The van der Waals surface area contributed by atoms with Gasteiger partial charge in [-0.1, -0.05) is 36.4 Å². The van der Waals surface area contributed by atoms with Gasteiger partial charge in [-0.3, -0.25) is 9.78 Å². The standard InChI is InChI=1S/C23H20N2O3/c1-16-20-10-2-3-11-21(20)28-22(16)23(26)25-14-17-7-6-9-19(13-17)27-15-18-8-4-5-12-24-18/h2-13H,14-15H2,1H3,(H,25,26). The molecule has 0 saturated heterocycles. The normalized spacial score (nSPS) is 10.8. The van der Waals surface area contributed by atoms with Gasteiger partial charge in [-0.25, -0.2) is 0 Å². The van der Waals surface area contributed by atoms with E-state index >= 15 is 0 Å². The van der Waals surface area contributed by atoms with E-state index in [1.807, 2.05) is 73.7 Å². The number of aromatic nitrogens is 1. The molecule has 2 aromatic heterocycles. The number of amides is 1. The predicted octanol–water partition coefficient (Wildman–Crippen LogP) is 4.65. The highest BCUT2D eigenvalue weighted by atomic mass is 16.5. The molecule has 0 aliphatic carbocycles. The number of benzene rings is 2. The van der Waals surface area contributed by atoms with Gasteiger partial charge in [0.1, 0.15) is 17.9 Å². The Morgan fingerprint density at radius 3 is 2.75 bits per heavy atom. The number of nitrogens with zero attached hydrogens (tertiary/aromatic N) is 1. The van der Waals surface area contributed by atoms with E-state index in [1.165, 1.54) is 0 Å². The molecule has 1 N–H and O–H groups in total. The van der Waals surface area contributed by atoms with Crippen LogP contribution in [-0.4, -0.2) is 10.9 Å². The van der Waals surface area contributed by atoms with Crippen LogP contribution in [0.2, 0.25) is 0 Å². The van der Waals surface area contributed by atoms with Gasteiger partial charge in [0.15, 0.2) is 5.76 Å². The minimum absolute atomic E-state index is 0.228. The summed E-state index contributed by atoms with van der Waals surface area (Å²) in [6.45, 7) is 2.68. The van der Waals surface area contributed by atoms with Crippen molar-refractivity contribution in [2.45, 2.75) is 20.1 Å². The van der Waals surface area contributed by atoms with Crippen LogP contribution in [-0.2, 0) is 13.2 Å². The predicted molar refractivity (Wildman–Crippen MR) is 107 cm³/mol. The van der Waals surface area contributed by atoms with Crippen molar-refractivity contribution in [1.82, 2.24) is 10.3 Å². The van der Waals surface area contributed by atoms with E-state index in [-0.39, 0.29) is 5.91 Å². The van der Waals surface area contributed by atoms with E-state index in [2.05, 4.69) is 10.3 Å². The zero-order chi connectivity index (χ0) is 19.3. The maximum Gasteiger partial charge on any atom is 0.287 e. The average molecular weight is 372 g/mol. The molecule has 4 rings (SSSR count). The Morgan fingerprint density at radius 2 is 1.93 bits per heavy atom. The lowest BCUT2D eigenvalue weighted by Gasteiger charge is -2.08. The number of nitrogens with one attached hydrogen (secondary N) is 1. The maximum atomic E-state index is 12.6. The topological polar surface area (TPSA) is 64.4 Å². The summed E-state index contributed by atoms with van der Waals surface area (Å²) in [4.78, 5) is 16.8. The van der Waals surface area contributed by atoms with E-state index in [9.17, 15) is 4.79 Å². The van der Waals surface area contributed by atoms with Crippen molar-refractivity contribution in [3.63, 3.8) is 0 Å². The van der Waals surface area contributed by atoms with Gasteiger partial charge in [-0.05, 0) is 42.8 Å². The Balaban J connectivity index is 1.40. The molecule has 0 saturated carbocycles. The molecule has 1 amide bonds. The summed E-state index contributed by atoms with van der Waals surface area (Å²) in [6, 6.07) is 21.0. The molecule has 0 spiro atoms. The second-order valence-corrected chi connectivity index (χ2v) is 6.49. The van der Waals surface area contributed by atoms with E-state index in [0.717, 1.165) is 33.5 Å². The molecule has 0 radical (unpaired) electrons. The van der Waals surface area contributed by atoms with Crippen LogP contribution in [0.25, 0.3) is 11.0 Å². The first-order valence-electron chi connectivity index (χ1n) is 9.09. The molecule has 5 heteroatoms. The molecular weight excluding hydrogens is 352 g/mol. The molecule has 4 aromatic rings. The third-order valence-corrected chi connectivity index (χ3v) is 4.51. The molecule has 140 valence electrons. The van der Waals surface area contributed by atoms with Crippen LogP contribution in [0.5, 0.6) is 5.75 Å². The Kier molecular flexibility index (Phi) is 5.06. The van der Waals surface area contributed by atoms with Crippen molar-refractivity contribution in [3.8, 4) is 5.75 Å². The fourth-order valence-corrected chi connectivity index (χ4v) is 3.04. The number of hydrogen-bond acceptors (Lipinski definition) is 4. The van der Waals surface area contributed by atoms with Crippen LogP contribution in [0, 0.1) is 6.92 Å². The van der Waals surface area contributed by atoms with Gasteiger partial charge in [-0.15, -0.1) is 0 Å². The molecule has 0 unspecified atom stereocenters.